The van der Waals surface area contributed by atoms with Crippen LogP contribution in [0.5, 0.6) is 0 Å². The van der Waals surface area contributed by atoms with Crippen molar-refractivity contribution in [2.24, 2.45) is 0 Å². The van der Waals surface area contributed by atoms with Gasteiger partial charge in [-0.2, -0.15) is 13.2 Å². The van der Waals surface area contributed by atoms with E-state index in [-0.39, 0.29) is 22.5 Å². The summed E-state index contributed by atoms with van der Waals surface area (Å²) in [7, 11) is 0. The van der Waals surface area contributed by atoms with Crippen LogP contribution in [0.25, 0.3) is 5.69 Å². The van der Waals surface area contributed by atoms with Crippen LogP contribution in [0.1, 0.15) is 22.4 Å². The molecule has 0 radical (unpaired) electrons. The van der Waals surface area contributed by atoms with E-state index in [0.29, 0.717) is 28.5 Å². The lowest BCUT2D eigenvalue weighted by molar-refractivity contribution is -0.137. The Hall–Kier alpha value is -2.72. The Kier molecular flexibility index (Phi) is 6.58. The number of fused-ring (bicyclic) bond motifs is 1. The first-order valence-corrected chi connectivity index (χ1v) is 12.1. The third kappa shape index (κ3) is 4.96. The maximum atomic E-state index is 13.3. The summed E-state index contributed by atoms with van der Waals surface area (Å²) >= 11 is 2.37. The highest BCUT2D eigenvalue weighted by atomic mass is 32.2. The van der Waals surface area contributed by atoms with Gasteiger partial charge in [0.1, 0.15) is 0 Å². The molecule has 3 aromatic rings. The van der Waals surface area contributed by atoms with Gasteiger partial charge in [0, 0.05) is 17.9 Å². The van der Waals surface area contributed by atoms with Crippen LogP contribution >= 0.6 is 23.5 Å². The number of amides is 1. The van der Waals surface area contributed by atoms with E-state index in [0.717, 1.165) is 35.0 Å². The summed E-state index contributed by atoms with van der Waals surface area (Å²) in [6.45, 7) is 3.85. The first kappa shape index (κ1) is 23.4. The number of alkyl halides is 3. The van der Waals surface area contributed by atoms with Gasteiger partial charge in [-0.15, -0.1) is 11.8 Å². The molecule has 0 spiro atoms. The molecule has 5 nitrogen and oxygen atoms in total. The number of hydrogen-bond donors (Lipinski definition) is 1. The van der Waals surface area contributed by atoms with E-state index >= 15 is 0 Å². The molecule has 1 aliphatic heterocycles. The smallest absolute Gasteiger partial charge is 0.325 e. The number of aromatic nitrogens is 2. The van der Waals surface area contributed by atoms with Gasteiger partial charge >= 0.3 is 6.18 Å². The molecule has 4 rings (SSSR count). The number of aryl methyl sites for hydroxylation is 2. The van der Waals surface area contributed by atoms with E-state index in [4.69, 9.17) is 0 Å². The van der Waals surface area contributed by atoms with Crippen molar-refractivity contribution in [3.05, 3.63) is 75.2 Å². The zero-order valence-corrected chi connectivity index (χ0v) is 19.5. The summed E-state index contributed by atoms with van der Waals surface area (Å²) in [6, 6.07) is 10.2. The monoisotopic (exact) mass is 491 g/mol. The van der Waals surface area contributed by atoms with Crippen molar-refractivity contribution >= 4 is 35.1 Å². The number of nitrogens with one attached hydrogen (secondary N) is 1. The number of rotatable bonds is 5. The van der Waals surface area contributed by atoms with Crippen LogP contribution < -0.4 is 10.9 Å². The van der Waals surface area contributed by atoms with Gasteiger partial charge in [0.25, 0.3) is 5.56 Å². The summed E-state index contributed by atoms with van der Waals surface area (Å²) < 4.78 is 41.0. The van der Waals surface area contributed by atoms with E-state index in [2.05, 4.69) is 10.3 Å². The lowest BCUT2D eigenvalue weighted by Crippen LogP contribution is -2.25. The fourth-order valence-corrected chi connectivity index (χ4v) is 5.29. The van der Waals surface area contributed by atoms with Gasteiger partial charge in [-0.3, -0.25) is 14.2 Å². The molecule has 0 fully saturated rings. The van der Waals surface area contributed by atoms with Crippen molar-refractivity contribution in [2.45, 2.75) is 36.5 Å². The average Bonchev–Trinajstić information content (AvgIpc) is 3.24. The zero-order chi connectivity index (χ0) is 23.8. The molecule has 0 bridgehead atoms. The second-order valence-electron chi connectivity index (χ2n) is 7.54. The molecule has 10 heteroatoms. The van der Waals surface area contributed by atoms with Crippen molar-refractivity contribution in [2.75, 3.05) is 16.8 Å². The van der Waals surface area contributed by atoms with Crippen LogP contribution in [-0.4, -0.2) is 27.0 Å². The molecule has 0 saturated carbocycles. The molecule has 2 aromatic carbocycles. The SMILES string of the molecule is Cc1cccc(NC(=O)CSc2nc3c(c(=O)n2-c2cccc(C(F)(F)F)c2)SCC3)c1C. The first-order valence-electron chi connectivity index (χ1n) is 10.1. The van der Waals surface area contributed by atoms with Crippen molar-refractivity contribution in [1.29, 1.82) is 0 Å². The van der Waals surface area contributed by atoms with Crippen LogP contribution in [0.3, 0.4) is 0 Å². The number of carbonyl (C=O) groups excluding carboxylic acids is 1. The Bertz CT molecular complexity index is 1290. The normalized spacial score (nSPS) is 13.1. The largest absolute Gasteiger partial charge is 0.416 e. The molecular weight excluding hydrogens is 471 g/mol. The molecule has 2 heterocycles. The lowest BCUT2D eigenvalue weighted by Gasteiger charge is -2.15. The number of hydrogen-bond acceptors (Lipinski definition) is 5. The summed E-state index contributed by atoms with van der Waals surface area (Å²) in [6.07, 6.45) is -3.95. The van der Waals surface area contributed by atoms with Crippen molar-refractivity contribution in [3.8, 4) is 5.69 Å². The minimum atomic E-state index is -4.54. The quantitative estimate of drug-likeness (QED) is 0.390. The highest BCUT2D eigenvalue weighted by molar-refractivity contribution is 8.00. The van der Waals surface area contributed by atoms with Crippen LogP contribution in [-0.2, 0) is 17.4 Å². The Morgan fingerprint density at radius 2 is 1.97 bits per heavy atom. The van der Waals surface area contributed by atoms with Gasteiger partial charge in [0.05, 0.1) is 27.6 Å². The summed E-state index contributed by atoms with van der Waals surface area (Å²) in [5, 5.41) is 3.04. The molecule has 1 N–H and O–H groups in total. The van der Waals surface area contributed by atoms with Crippen LogP contribution in [0.2, 0.25) is 0 Å². The minimum Gasteiger partial charge on any atom is -0.325 e. The number of halogens is 3. The minimum absolute atomic E-state index is 0.0509. The van der Waals surface area contributed by atoms with E-state index in [1.165, 1.54) is 28.5 Å². The van der Waals surface area contributed by atoms with Crippen molar-refractivity contribution < 1.29 is 18.0 Å². The second-order valence-corrected chi connectivity index (χ2v) is 9.59. The molecule has 1 amide bonds. The lowest BCUT2D eigenvalue weighted by atomic mass is 10.1. The molecule has 172 valence electrons. The van der Waals surface area contributed by atoms with E-state index < -0.39 is 17.3 Å². The highest BCUT2D eigenvalue weighted by Crippen LogP contribution is 2.33. The Morgan fingerprint density at radius 1 is 1.21 bits per heavy atom. The number of nitrogens with zero attached hydrogens (tertiary/aromatic N) is 2. The van der Waals surface area contributed by atoms with Crippen LogP contribution in [0, 0.1) is 13.8 Å². The second kappa shape index (κ2) is 9.26. The third-order valence-corrected chi connectivity index (χ3v) is 7.36. The van der Waals surface area contributed by atoms with Crippen LogP contribution in [0.15, 0.2) is 57.3 Å². The average molecular weight is 492 g/mol. The topological polar surface area (TPSA) is 64.0 Å². The predicted molar refractivity (Wildman–Crippen MR) is 125 cm³/mol. The standard InChI is InChI=1S/C23H20F3N3O2S2/c1-13-5-3-8-17(14(13)2)27-19(30)12-33-22-28-18-9-10-32-20(18)21(31)29(22)16-7-4-6-15(11-16)23(24,25)26/h3-8,11H,9-10,12H2,1-2H3,(H,27,30). The van der Waals surface area contributed by atoms with E-state index in [1.807, 2.05) is 26.0 Å². The van der Waals surface area contributed by atoms with Gasteiger partial charge < -0.3 is 5.32 Å². The molecule has 0 unspecified atom stereocenters. The Morgan fingerprint density at radius 3 is 2.73 bits per heavy atom. The van der Waals surface area contributed by atoms with Gasteiger partial charge in [-0.1, -0.05) is 30.0 Å². The van der Waals surface area contributed by atoms with Gasteiger partial charge in [0.2, 0.25) is 5.91 Å². The fourth-order valence-electron chi connectivity index (χ4n) is 3.44. The number of carbonyl (C=O) groups is 1. The number of benzene rings is 2. The molecular formula is C23H20F3N3O2S2. The van der Waals surface area contributed by atoms with Crippen LogP contribution in [0.4, 0.5) is 18.9 Å². The molecule has 1 aliphatic rings. The van der Waals surface area contributed by atoms with Gasteiger partial charge in [0.15, 0.2) is 5.16 Å². The van der Waals surface area contributed by atoms with Crippen molar-refractivity contribution in [3.63, 3.8) is 0 Å². The van der Waals surface area contributed by atoms with Crippen molar-refractivity contribution in [1.82, 2.24) is 9.55 Å². The summed E-state index contributed by atoms with van der Waals surface area (Å²) in [4.78, 5) is 30.7. The molecule has 33 heavy (non-hydrogen) atoms. The predicted octanol–water partition coefficient (Wildman–Crippen LogP) is 5.25. The highest BCUT2D eigenvalue weighted by Gasteiger charge is 2.31. The number of anilines is 1. The molecule has 0 atom stereocenters. The zero-order valence-electron chi connectivity index (χ0n) is 17.8. The Balaban J connectivity index is 1.66. The molecule has 1 aromatic heterocycles. The molecule has 0 saturated heterocycles. The van der Waals surface area contributed by atoms with E-state index in [9.17, 15) is 22.8 Å². The summed E-state index contributed by atoms with van der Waals surface area (Å²) in [5.41, 5.74) is 2.08. The Labute approximate surface area is 196 Å². The fraction of sp³-hybridized carbons (Fsp3) is 0.261. The number of thioether (sulfide) groups is 2. The molecule has 0 aliphatic carbocycles. The van der Waals surface area contributed by atoms with Gasteiger partial charge in [-0.25, -0.2) is 4.98 Å². The maximum Gasteiger partial charge on any atom is 0.416 e. The maximum absolute atomic E-state index is 13.3. The third-order valence-electron chi connectivity index (χ3n) is 5.31. The summed E-state index contributed by atoms with van der Waals surface area (Å²) in [5.74, 6) is 0.333. The van der Waals surface area contributed by atoms with E-state index in [1.54, 1.807) is 6.07 Å². The van der Waals surface area contributed by atoms with Gasteiger partial charge in [-0.05, 0) is 49.2 Å². The first-order chi connectivity index (χ1) is 15.6.